The van der Waals surface area contributed by atoms with Gasteiger partial charge in [-0.2, -0.15) is 0 Å². The van der Waals surface area contributed by atoms with Gasteiger partial charge in [0.2, 0.25) is 0 Å². The quantitative estimate of drug-likeness (QED) is 0.897. The lowest BCUT2D eigenvalue weighted by molar-refractivity contribution is 0.395. The van der Waals surface area contributed by atoms with Gasteiger partial charge in [0.05, 0.1) is 13.2 Å². The van der Waals surface area contributed by atoms with E-state index in [0.29, 0.717) is 6.54 Å². The average molecular weight is 260 g/mol. The van der Waals surface area contributed by atoms with E-state index in [9.17, 15) is 0 Å². The molecule has 4 heteroatoms. The molecule has 0 saturated carbocycles. The zero-order valence-electron chi connectivity index (χ0n) is 11.9. The van der Waals surface area contributed by atoms with Crippen LogP contribution in [0, 0.1) is 13.8 Å². The van der Waals surface area contributed by atoms with E-state index < -0.39 is 0 Å². The molecular formula is C15H20N2O2. The number of ether oxygens (including phenoxy) is 1. The summed E-state index contributed by atoms with van der Waals surface area (Å²) in [4.78, 5) is 4.12. The van der Waals surface area contributed by atoms with Gasteiger partial charge >= 0.3 is 0 Å². The summed E-state index contributed by atoms with van der Waals surface area (Å²) in [6.45, 7) is 6.81. The Morgan fingerprint density at radius 3 is 2.84 bits per heavy atom. The summed E-state index contributed by atoms with van der Waals surface area (Å²) >= 11 is 0. The molecule has 0 radical (unpaired) electrons. The molecule has 0 aliphatic heterocycles. The van der Waals surface area contributed by atoms with Crippen molar-refractivity contribution < 1.29 is 9.15 Å². The van der Waals surface area contributed by atoms with Crippen molar-refractivity contribution in [2.24, 2.45) is 0 Å². The number of hydrogen-bond acceptors (Lipinski definition) is 4. The molecule has 0 saturated heterocycles. The summed E-state index contributed by atoms with van der Waals surface area (Å²) in [5.74, 6) is 2.78. The van der Waals surface area contributed by atoms with E-state index in [1.54, 1.807) is 13.3 Å². The largest absolute Gasteiger partial charge is 0.496 e. The highest BCUT2D eigenvalue weighted by Gasteiger charge is 2.12. The molecule has 1 unspecified atom stereocenters. The van der Waals surface area contributed by atoms with Gasteiger partial charge in [-0.25, -0.2) is 0 Å². The van der Waals surface area contributed by atoms with Crippen LogP contribution < -0.4 is 10.1 Å². The van der Waals surface area contributed by atoms with Gasteiger partial charge in [-0.1, -0.05) is 0 Å². The number of methoxy groups -OCH3 is 1. The summed E-state index contributed by atoms with van der Waals surface area (Å²) in [6, 6.07) is 4.09. The second-order valence-corrected chi connectivity index (χ2v) is 4.68. The number of hydrogen-bond donors (Lipinski definition) is 1. The molecule has 19 heavy (non-hydrogen) atoms. The maximum absolute atomic E-state index is 5.71. The fourth-order valence-corrected chi connectivity index (χ4v) is 1.93. The maximum Gasteiger partial charge on any atom is 0.126 e. The number of nitrogens with zero attached hydrogens (tertiary/aromatic N) is 1. The highest BCUT2D eigenvalue weighted by molar-refractivity contribution is 5.30. The highest BCUT2D eigenvalue weighted by atomic mass is 16.5. The Morgan fingerprint density at radius 2 is 2.21 bits per heavy atom. The molecule has 1 atom stereocenters. The lowest BCUT2D eigenvalue weighted by Gasteiger charge is -2.13. The van der Waals surface area contributed by atoms with E-state index in [-0.39, 0.29) is 6.04 Å². The fourth-order valence-electron chi connectivity index (χ4n) is 1.93. The first-order valence-electron chi connectivity index (χ1n) is 6.39. The lowest BCUT2D eigenvalue weighted by atomic mass is 10.2. The average Bonchev–Trinajstić information content (AvgIpc) is 2.76. The normalized spacial score (nSPS) is 12.4. The molecule has 2 aromatic rings. The Kier molecular flexibility index (Phi) is 4.22. The zero-order chi connectivity index (χ0) is 13.8. The first kappa shape index (κ1) is 13.6. The summed E-state index contributed by atoms with van der Waals surface area (Å²) < 4.78 is 11.0. The number of pyridine rings is 1. The summed E-state index contributed by atoms with van der Waals surface area (Å²) in [6.07, 6.45) is 3.54. The predicted octanol–water partition coefficient (Wildman–Crippen LogP) is 3.15. The van der Waals surface area contributed by atoms with E-state index in [1.165, 1.54) is 5.56 Å². The molecule has 0 bridgehead atoms. The second kappa shape index (κ2) is 5.89. The first-order valence-corrected chi connectivity index (χ1v) is 6.39. The molecule has 0 aliphatic rings. The third-order valence-corrected chi connectivity index (χ3v) is 3.29. The molecule has 2 heterocycles. The van der Waals surface area contributed by atoms with Crippen LogP contribution in [0.3, 0.4) is 0 Å². The van der Waals surface area contributed by atoms with Crippen LogP contribution in [0.5, 0.6) is 5.75 Å². The van der Waals surface area contributed by atoms with Gasteiger partial charge in [-0.05, 0) is 38.5 Å². The first-order chi connectivity index (χ1) is 9.11. The zero-order valence-corrected chi connectivity index (χ0v) is 11.9. The van der Waals surface area contributed by atoms with Crippen molar-refractivity contribution in [3.05, 3.63) is 47.2 Å². The van der Waals surface area contributed by atoms with Crippen LogP contribution in [0.1, 0.15) is 35.6 Å². The summed E-state index contributed by atoms with van der Waals surface area (Å²) in [5.41, 5.74) is 2.22. The minimum atomic E-state index is 0.150. The van der Waals surface area contributed by atoms with E-state index in [4.69, 9.17) is 9.15 Å². The van der Waals surface area contributed by atoms with Crippen LogP contribution in [0.4, 0.5) is 0 Å². The van der Waals surface area contributed by atoms with Gasteiger partial charge in [-0.3, -0.25) is 4.98 Å². The van der Waals surface area contributed by atoms with Gasteiger partial charge in [-0.15, -0.1) is 0 Å². The Bertz CT molecular complexity index is 529. The van der Waals surface area contributed by atoms with Crippen molar-refractivity contribution in [2.45, 2.75) is 33.4 Å². The minimum absolute atomic E-state index is 0.150. The Labute approximate surface area is 113 Å². The summed E-state index contributed by atoms with van der Waals surface area (Å²) in [5, 5.41) is 3.42. The van der Waals surface area contributed by atoms with Crippen molar-refractivity contribution in [2.75, 3.05) is 7.11 Å². The molecule has 0 aromatic carbocycles. The topological polar surface area (TPSA) is 47.3 Å². The van der Waals surface area contributed by atoms with Crippen molar-refractivity contribution in [1.29, 1.82) is 0 Å². The molecule has 4 nitrogen and oxygen atoms in total. The number of rotatable bonds is 5. The lowest BCUT2D eigenvalue weighted by Crippen LogP contribution is -2.18. The maximum atomic E-state index is 5.71. The number of nitrogens with one attached hydrogen (secondary N) is 1. The van der Waals surface area contributed by atoms with E-state index in [2.05, 4.69) is 30.2 Å². The molecule has 0 spiro atoms. The van der Waals surface area contributed by atoms with E-state index >= 15 is 0 Å². The van der Waals surface area contributed by atoms with Crippen molar-refractivity contribution in [1.82, 2.24) is 10.3 Å². The van der Waals surface area contributed by atoms with Gasteiger partial charge in [0, 0.05) is 24.5 Å². The third-order valence-electron chi connectivity index (χ3n) is 3.29. The van der Waals surface area contributed by atoms with Gasteiger partial charge in [0.15, 0.2) is 0 Å². The summed E-state index contributed by atoms with van der Waals surface area (Å²) in [7, 11) is 1.67. The van der Waals surface area contributed by atoms with Gasteiger partial charge < -0.3 is 14.5 Å². The minimum Gasteiger partial charge on any atom is -0.496 e. The van der Waals surface area contributed by atoms with Crippen LogP contribution >= 0.6 is 0 Å². The third kappa shape index (κ3) is 3.15. The molecule has 2 aromatic heterocycles. The fraction of sp³-hybridized carbons (Fsp3) is 0.400. The highest BCUT2D eigenvalue weighted by Crippen LogP contribution is 2.21. The molecule has 0 amide bonds. The molecule has 102 valence electrons. The Balaban J connectivity index is 2.02. The monoisotopic (exact) mass is 260 g/mol. The smallest absolute Gasteiger partial charge is 0.126 e. The van der Waals surface area contributed by atoms with Crippen LogP contribution in [-0.2, 0) is 6.54 Å². The molecule has 0 fully saturated rings. The van der Waals surface area contributed by atoms with E-state index in [0.717, 1.165) is 22.8 Å². The molecular weight excluding hydrogens is 240 g/mol. The second-order valence-electron chi connectivity index (χ2n) is 4.68. The standard InChI is InChI=1S/C15H20N2O2/c1-10-7-15(19-12(10)3)11(2)17-9-13-8-16-6-5-14(13)18-4/h5-8,11,17H,9H2,1-4H3. The number of furan rings is 1. The van der Waals surface area contributed by atoms with Crippen LogP contribution in [-0.4, -0.2) is 12.1 Å². The predicted molar refractivity (Wildman–Crippen MR) is 74.2 cm³/mol. The van der Waals surface area contributed by atoms with Crippen LogP contribution in [0.2, 0.25) is 0 Å². The number of aromatic nitrogens is 1. The van der Waals surface area contributed by atoms with Gasteiger partial charge in [0.1, 0.15) is 17.3 Å². The molecule has 1 N–H and O–H groups in total. The van der Waals surface area contributed by atoms with Gasteiger partial charge in [0.25, 0.3) is 0 Å². The Morgan fingerprint density at radius 1 is 1.42 bits per heavy atom. The van der Waals surface area contributed by atoms with Crippen molar-refractivity contribution in [3.8, 4) is 5.75 Å². The molecule has 0 aliphatic carbocycles. The SMILES string of the molecule is COc1ccncc1CNC(C)c1cc(C)c(C)o1. The van der Waals surface area contributed by atoms with Crippen molar-refractivity contribution >= 4 is 0 Å². The van der Waals surface area contributed by atoms with Crippen LogP contribution in [0.15, 0.2) is 28.9 Å². The number of aryl methyl sites for hydroxylation is 2. The molecule has 2 rings (SSSR count). The van der Waals surface area contributed by atoms with Crippen LogP contribution in [0.25, 0.3) is 0 Å². The van der Waals surface area contributed by atoms with E-state index in [1.807, 2.05) is 19.2 Å². The van der Waals surface area contributed by atoms with Crippen molar-refractivity contribution in [3.63, 3.8) is 0 Å². The Hall–Kier alpha value is -1.81.